The molecule has 10 heteroatoms. The van der Waals surface area contributed by atoms with E-state index in [2.05, 4.69) is 16.0 Å². The van der Waals surface area contributed by atoms with E-state index in [1.165, 1.54) is 16.7 Å². The summed E-state index contributed by atoms with van der Waals surface area (Å²) < 4.78 is 0. The summed E-state index contributed by atoms with van der Waals surface area (Å²) in [6, 6.07) is 4.10. The van der Waals surface area contributed by atoms with Gasteiger partial charge in [0.05, 0.1) is 23.4 Å². The van der Waals surface area contributed by atoms with Gasteiger partial charge in [0, 0.05) is 0 Å². The van der Waals surface area contributed by atoms with E-state index in [0.717, 1.165) is 0 Å². The zero-order chi connectivity index (χ0) is 21.6. The van der Waals surface area contributed by atoms with Crippen molar-refractivity contribution < 1.29 is 24.3 Å². The molecular weight excluding hydrogens is 396 g/mol. The Hall–Kier alpha value is -2.75. The van der Waals surface area contributed by atoms with Crippen molar-refractivity contribution in [3.63, 3.8) is 0 Å². The van der Waals surface area contributed by atoms with Crippen LogP contribution in [-0.2, 0) is 14.4 Å². The van der Waals surface area contributed by atoms with Gasteiger partial charge in [0.25, 0.3) is 0 Å². The van der Waals surface area contributed by atoms with Crippen molar-refractivity contribution in [1.82, 2.24) is 10.6 Å². The number of carbonyl (C=O) groups is 4. The van der Waals surface area contributed by atoms with Crippen LogP contribution in [0.15, 0.2) is 24.3 Å². The highest BCUT2D eigenvalue weighted by atomic mass is 32.2. The standard InChI is InChI=1S/C19H26N4O5S/c1-11(2)16(17(25)21-13(18(26)27)8-9-29-3)22-19(28)23-10-15(24)20-12-6-4-5-7-14(12)23/h4-7,11,13,16H,8-10H2,1-3H3,(H,20,24)(H,21,25)(H,22,28)(H,26,27)/p-1/t13-,16+/m1/s1. The molecule has 1 heterocycles. The van der Waals surface area contributed by atoms with E-state index < -0.39 is 30.0 Å². The zero-order valence-electron chi connectivity index (χ0n) is 16.6. The Morgan fingerprint density at radius 2 is 1.93 bits per heavy atom. The normalized spacial score (nSPS) is 15.2. The van der Waals surface area contributed by atoms with Crippen LogP contribution >= 0.6 is 11.8 Å². The number of rotatable bonds is 8. The second-order valence-electron chi connectivity index (χ2n) is 6.98. The summed E-state index contributed by atoms with van der Waals surface area (Å²) in [4.78, 5) is 50.0. The number of thioether (sulfide) groups is 1. The van der Waals surface area contributed by atoms with Crippen LogP contribution < -0.4 is 26.0 Å². The number of aliphatic carboxylic acids is 1. The highest BCUT2D eigenvalue weighted by molar-refractivity contribution is 7.98. The number of fused-ring (bicyclic) bond motifs is 1. The van der Waals surface area contributed by atoms with Crippen LogP contribution in [0.5, 0.6) is 0 Å². The van der Waals surface area contributed by atoms with Gasteiger partial charge in [0.15, 0.2) is 0 Å². The minimum Gasteiger partial charge on any atom is -0.548 e. The van der Waals surface area contributed by atoms with Gasteiger partial charge < -0.3 is 25.9 Å². The first kappa shape index (κ1) is 22.5. The second kappa shape index (κ2) is 10.1. The lowest BCUT2D eigenvalue weighted by molar-refractivity contribution is -0.308. The summed E-state index contributed by atoms with van der Waals surface area (Å²) >= 11 is 1.46. The van der Waals surface area contributed by atoms with Gasteiger partial charge in [-0.25, -0.2) is 4.79 Å². The van der Waals surface area contributed by atoms with Crippen molar-refractivity contribution in [2.45, 2.75) is 32.4 Å². The Morgan fingerprint density at radius 3 is 2.55 bits per heavy atom. The van der Waals surface area contributed by atoms with Crippen LogP contribution in [0.4, 0.5) is 16.2 Å². The van der Waals surface area contributed by atoms with E-state index in [0.29, 0.717) is 17.1 Å². The molecule has 0 fully saturated rings. The molecule has 0 saturated heterocycles. The van der Waals surface area contributed by atoms with Gasteiger partial charge in [-0.3, -0.25) is 14.5 Å². The topological polar surface area (TPSA) is 131 Å². The lowest BCUT2D eigenvalue weighted by Crippen LogP contribution is -2.58. The van der Waals surface area contributed by atoms with E-state index in [9.17, 15) is 24.3 Å². The van der Waals surface area contributed by atoms with Gasteiger partial charge in [0.1, 0.15) is 12.6 Å². The Kier molecular flexibility index (Phi) is 7.89. The van der Waals surface area contributed by atoms with Gasteiger partial charge in [-0.2, -0.15) is 11.8 Å². The monoisotopic (exact) mass is 421 g/mol. The molecule has 4 amide bonds. The first-order valence-corrected chi connectivity index (χ1v) is 10.6. The van der Waals surface area contributed by atoms with Crippen LogP contribution in [-0.4, -0.2) is 54.5 Å². The predicted octanol–water partition coefficient (Wildman–Crippen LogP) is 0.167. The first-order chi connectivity index (χ1) is 13.7. The van der Waals surface area contributed by atoms with Crippen LogP contribution in [0, 0.1) is 5.92 Å². The van der Waals surface area contributed by atoms with Gasteiger partial charge in [-0.05, 0) is 36.5 Å². The number of carbonyl (C=O) groups excluding carboxylic acids is 4. The molecule has 0 unspecified atom stereocenters. The minimum atomic E-state index is -1.37. The molecule has 2 atom stereocenters. The molecule has 0 aliphatic carbocycles. The number of anilines is 2. The van der Waals surface area contributed by atoms with Gasteiger partial charge in [-0.1, -0.05) is 26.0 Å². The van der Waals surface area contributed by atoms with Crippen LogP contribution in [0.2, 0.25) is 0 Å². The Bertz CT molecular complexity index is 786. The number of hydrogen-bond donors (Lipinski definition) is 3. The fourth-order valence-electron chi connectivity index (χ4n) is 2.91. The highest BCUT2D eigenvalue weighted by Gasteiger charge is 2.31. The van der Waals surface area contributed by atoms with Crippen molar-refractivity contribution in [3.05, 3.63) is 24.3 Å². The molecule has 0 spiro atoms. The molecule has 0 aromatic heterocycles. The van der Waals surface area contributed by atoms with Gasteiger partial charge >= 0.3 is 6.03 Å². The Labute approximate surface area is 173 Å². The van der Waals surface area contributed by atoms with E-state index in [-0.39, 0.29) is 24.8 Å². The molecule has 1 aliphatic rings. The molecule has 1 aromatic carbocycles. The van der Waals surface area contributed by atoms with Gasteiger partial charge in [0.2, 0.25) is 11.8 Å². The van der Waals surface area contributed by atoms with E-state index in [4.69, 9.17) is 0 Å². The maximum atomic E-state index is 12.8. The lowest BCUT2D eigenvalue weighted by atomic mass is 10.0. The molecule has 2 rings (SSSR count). The SMILES string of the molecule is CSCC[C@@H](NC(=O)[C@@H](NC(=O)N1CC(=O)Nc2ccccc21)C(C)C)C(=O)[O-]. The smallest absolute Gasteiger partial charge is 0.323 e. The first-order valence-electron chi connectivity index (χ1n) is 9.21. The van der Waals surface area contributed by atoms with Crippen LogP contribution in [0.25, 0.3) is 0 Å². The molecule has 0 saturated carbocycles. The predicted molar refractivity (Wildman–Crippen MR) is 110 cm³/mol. The maximum Gasteiger partial charge on any atom is 0.323 e. The number of hydrogen-bond acceptors (Lipinski definition) is 6. The molecule has 158 valence electrons. The van der Waals surface area contributed by atoms with Crippen LogP contribution in [0.3, 0.4) is 0 Å². The van der Waals surface area contributed by atoms with E-state index in [1.54, 1.807) is 38.1 Å². The van der Waals surface area contributed by atoms with Crippen molar-refractivity contribution in [1.29, 1.82) is 0 Å². The molecule has 3 N–H and O–H groups in total. The number of benzene rings is 1. The molecule has 0 radical (unpaired) electrons. The third-order valence-electron chi connectivity index (χ3n) is 4.46. The molecule has 0 bridgehead atoms. The Morgan fingerprint density at radius 1 is 1.24 bits per heavy atom. The maximum absolute atomic E-state index is 12.8. The third-order valence-corrected chi connectivity index (χ3v) is 5.10. The number of urea groups is 1. The van der Waals surface area contributed by atoms with E-state index in [1.807, 2.05) is 6.26 Å². The summed E-state index contributed by atoms with van der Waals surface area (Å²) in [7, 11) is 0. The molecule has 29 heavy (non-hydrogen) atoms. The fraction of sp³-hybridized carbons (Fsp3) is 0.474. The van der Waals surface area contributed by atoms with Crippen molar-refractivity contribution in [2.24, 2.45) is 5.92 Å². The fourth-order valence-corrected chi connectivity index (χ4v) is 3.38. The third kappa shape index (κ3) is 5.86. The largest absolute Gasteiger partial charge is 0.548 e. The average Bonchev–Trinajstić information content (AvgIpc) is 2.67. The summed E-state index contributed by atoms with van der Waals surface area (Å²) in [6.07, 6.45) is 2.05. The number of amides is 4. The van der Waals surface area contributed by atoms with Crippen LogP contribution in [0.1, 0.15) is 20.3 Å². The average molecular weight is 421 g/mol. The molecule has 9 nitrogen and oxygen atoms in total. The summed E-state index contributed by atoms with van der Waals surface area (Å²) in [6.45, 7) is 3.28. The Balaban J connectivity index is 2.14. The lowest BCUT2D eigenvalue weighted by Gasteiger charge is -2.32. The quantitative estimate of drug-likeness (QED) is 0.548. The van der Waals surface area contributed by atoms with E-state index >= 15 is 0 Å². The second-order valence-corrected chi connectivity index (χ2v) is 7.97. The number of nitrogens with one attached hydrogen (secondary N) is 3. The summed E-state index contributed by atoms with van der Waals surface area (Å²) in [5.74, 6) is -2.10. The minimum absolute atomic E-state index is 0.190. The van der Waals surface area contributed by atoms with Crippen molar-refractivity contribution in [3.8, 4) is 0 Å². The summed E-state index contributed by atoms with van der Waals surface area (Å²) in [5, 5.41) is 19.1. The number of carboxylic acids is 1. The van der Waals surface area contributed by atoms with Gasteiger partial charge in [-0.15, -0.1) is 0 Å². The molecule has 1 aromatic rings. The number of carboxylic acid groups (broad SMARTS) is 1. The number of nitrogens with zero attached hydrogens (tertiary/aromatic N) is 1. The molecular formula is C19H25N4O5S-. The number of para-hydroxylation sites is 2. The van der Waals surface area contributed by atoms with Crippen molar-refractivity contribution >= 4 is 47.0 Å². The van der Waals surface area contributed by atoms with Crippen molar-refractivity contribution in [2.75, 3.05) is 28.8 Å². The summed E-state index contributed by atoms with van der Waals surface area (Å²) in [5.41, 5.74) is 1.01. The zero-order valence-corrected chi connectivity index (χ0v) is 17.4. The molecule has 1 aliphatic heterocycles. The highest BCUT2D eigenvalue weighted by Crippen LogP contribution is 2.28.